The first-order chi connectivity index (χ1) is 20.5. The molecule has 1 saturated heterocycles. The second-order valence-electron chi connectivity index (χ2n) is 11.1. The number of anilines is 4. The van der Waals surface area contributed by atoms with Crippen LogP contribution in [-0.2, 0) is 0 Å². The van der Waals surface area contributed by atoms with E-state index >= 15 is 0 Å². The molecule has 0 saturated carbocycles. The van der Waals surface area contributed by atoms with Gasteiger partial charge in [-0.2, -0.15) is 4.98 Å². The Morgan fingerprint density at radius 3 is 2.49 bits per heavy atom. The Balaban J connectivity index is 1.44. The van der Waals surface area contributed by atoms with E-state index in [0.29, 0.717) is 16.8 Å². The molecule has 0 spiro atoms. The Labute approximate surface area is 257 Å². The van der Waals surface area contributed by atoms with Gasteiger partial charge < -0.3 is 19.9 Å². The summed E-state index contributed by atoms with van der Waals surface area (Å²) in [5.41, 5.74) is 6.78. The molecular formula is C33H36ClFN6O2. The van der Waals surface area contributed by atoms with Crippen LogP contribution < -0.4 is 19.9 Å². The zero-order valence-corrected chi connectivity index (χ0v) is 26.0. The molecule has 0 radical (unpaired) electrons. The van der Waals surface area contributed by atoms with Crippen molar-refractivity contribution >= 4 is 40.7 Å². The zero-order chi connectivity index (χ0) is 30.8. The number of hydrogen-bond donors (Lipinski definition) is 1. The molecule has 43 heavy (non-hydrogen) atoms. The van der Waals surface area contributed by atoms with Crippen LogP contribution in [0, 0.1) is 26.6 Å². The number of benzene rings is 3. The molecule has 1 N–H and O–H groups in total. The molecule has 8 nitrogen and oxygen atoms in total. The Morgan fingerprint density at radius 2 is 1.77 bits per heavy atom. The van der Waals surface area contributed by atoms with Crippen molar-refractivity contribution in [2.24, 2.45) is 0 Å². The predicted octanol–water partition coefficient (Wildman–Crippen LogP) is 7.38. The Bertz CT molecular complexity index is 1650. The molecule has 2 heterocycles. The fourth-order valence-corrected chi connectivity index (χ4v) is 5.24. The molecule has 1 fully saturated rings. The number of aromatic nitrogens is 2. The van der Waals surface area contributed by atoms with Crippen LogP contribution in [-0.4, -0.2) is 60.7 Å². The van der Waals surface area contributed by atoms with Gasteiger partial charge in [0, 0.05) is 60.8 Å². The fourth-order valence-electron chi connectivity index (χ4n) is 5.07. The molecule has 1 amide bonds. The molecule has 3 aromatic carbocycles. The molecule has 0 aliphatic carbocycles. The van der Waals surface area contributed by atoms with Gasteiger partial charge in [0.25, 0.3) is 0 Å². The average Bonchev–Trinajstić information content (AvgIpc) is 2.98. The minimum Gasteiger partial charge on any atom is -0.391 e. The molecule has 1 unspecified atom stereocenters. The monoisotopic (exact) mass is 602 g/mol. The largest absolute Gasteiger partial charge is 0.420 e. The number of halogens is 2. The summed E-state index contributed by atoms with van der Waals surface area (Å²) in [6.07, 6.45) is -0.820. The van der Waals surface area contributed by atoms with E-state index < -0.39 is 11.9 Å². The molecule has 1 atom stereocenters. The fraction of sp³-hybridized carbons (Fsp3) is 0.303. The summed E-state index contributed by atoms with van der Waals surface area (Å²) in [6, 6.07) is 18.2. The van der Waals surface area contributed by atoms with E-state index in [1.165, 1.54) is 30.8 Å². The van der Waals surface area contributed by atoms with Gasteiger partial charge in [0.05, 0.1) is 11.4 Å². The molecule has 4 aromatic rings. The van der Waals surface area contributed by atoms with E-state index in [-0.39, 0.29) is 17.5 Å². The SMILES string of the molecule is Cc1ccc(-c2cc(OC(=O)N(C)c3cc(Cl)ccc3F)nc(Nc3ccc(N4CCN(C)C(C)C4)cc3)n2)c(C)c1C. The average molecular weight is 603 g/mol. The lowest BCUT2D eigenvalue weighted by Gasteiger charge is -2.39. The van der Waals surface area contributed by atoms with Crippen molar-refractivity contribution in [3.8, 4) is 17.1 Å². The molecular weight excluding hydrogens is 567 g/mol. The topological polar surface area (TPSA) is 73.8 Å². The quantitative estimate of drug-likeness (QED) is 0.247. The summed E-state index contributed by atoms with van der Waals surface area (Å²) in [5.74, 6) is -0.322. The molecule has 10 heteroatoms. The highest BCUT2D eigenvalue weighted by atomic mass is 35.5. The second-order valence-corrected chi connectivity index (χ2v) is 11.5. The molecule has 1 aromatic heterocycles. The maximum absolute atomic E-state index is 14.5. The van der Waals surface area contributed by atoms with Gasteiger partial charge in [-0.05, 0) is 93.9 Å². The summed E-state index contributed by atoms with van der Waals surface area (Å²) >= 11 is 6.04. The zero-order valence-electron chi connectivity index (χ0n) is 25.3. The number of hydrogen-bond acceptors (Lipinski definition) is 7. The third-order valence-corrected chi connectivity index (χ3v) is 8.46. The minimum absolute atomic E-state index is 0.00929. The number of nitrogens with zero attached hydrogens (tertiary/aromatic N) is 5. The van der Waals surface area contributed by atoms with E-state index in [0.717, 1.165) is 52.6 Å². The minimum atomic E-state index is -0.820. The number of rotatable bonds is 6. The number of carbonyl (C=O) groups excluding carboxylic acids is 1. The van der Waals surface area contributed by atoms with E-state index in [2.05, 4.69) is 60.1 Å². The molecule has 1 aliphatic heterocycles. The van der Waals surface area contributed by atoms with Crippen LogP contribution >= 0.6 is 11.6 Å². The number of carbonyl (C=O) groups is 1. The summed E-state index contributed by atoms with van der Waals surface area (Å²) in [6.45, 7) is 11.3. The Hall–Kier alpha value is -4.21. The van der Waals surface area contributed by atoms with E-state index in [1.54, 1.807) is 6.07 Å². The van der Waals surface area contributed by atoms with Crippen molar-refractivity contribution in [3.05, 3.63) is 88.2 Å². The second kappa shape index (κ2) is 12.6. The molecule has 0 bridgehead atoms. The number of likely N-dealkylation sites (N-methyl/N-ethyl adjacent to an activating group) is 1. The highest BCUT2D eigenvalue weighted by Gasteiger charge is 2.22. The number of aryl methyl sites for hydroxylation is 1. The lowest BCUT2D eigenvalue weighted by molar-refractivity contribution is 0.207. The van der Waals surface area contributed by atoms with Crippen LogP contribution in [0.25, 0.3) is 11.3 Å². The summed E-state index contributed by atoms with van der Waals surface area (Å²) < 4.78 is 20.1. The van der Waals surface area contributed by atoms with Crippen LogP contribution in [0.4, 0.5) is 32.2 Å². The van der Waals surface area contributed by atoms with Gasteiger partial charge in [0.1, 0.15) is 5.82 Å². The first kappa shape index (κ1) is 30.3. The number of piperazine rings is 1. The number of ether oxygens (including phenoxy) is 1. The number of amides is 1. The number of nitrogens with one attached hydrogen (secondary N) is 1. The highest BCUT2D eigenvalue weighted by molar-refractivity contribution is 6.30. The van der Waals surface area contributed by atoms with Crippen LogP contribution in [0.1, 0.15) is 23.6 Å². The predicted molar refractivity (Wildman–Crippen MR) is 172 cm³/mol. The van der Waals surface area contributed by atoms with Gasteiger partial charge in [-0.1, -0.05) is 23.7 Å². The third-order valence-electron chi connectivity index (χ3n) is 8.22. The van der Waals surface area contributed by atoms with Gasteiger partial charge in [-0.15, -0.1) is 0 Å². The third kappa shape index (κ3) is 6.73. The lowest BCUT2D eigenvalue weighted by atomic mass is 9.97. The van der Waals surface area contributed by atoms with Gasteiger partial charge in [-0.25, -0.2) is 14.2 Å². The van der Waals surface area contributed by atoms with E-state index in [9.17, 15) is 9.18 Å². The van der Waals surface area contributed by atoms with Crippen molar-refractivity contribution in [2.75, 3.05) is 48.8 Å². The maximum Gasteiger partial charge on any atom is 0.420 e. The lowest BCUT2D eigenvalue weighted by Crippen LogP contribution is -2.50. The molecule has 1 aliphatic rings. The smallest absolute Gasteiger partial charge is 0.391 e. The standard InChI is InChI=1S/C33H36ClFN6O2/c1-20-7-13-27(23(4)22(20)3)29-18-31(43-33(42)40(6)30-17-24(34)8-14-28(30)35)38-32(37-29)36-25-9-11-26(12-10-25)41-16-15-39(5)21(2)19-41/h7-14,17-18,21H,15-16,19H2,1-6H3,(H,36,37,38). The van der Waals surface area contributed by atoms with Crippen molar-refractivity contribution in [3.63, 3.8) is 0 Å². The summed E-state index contributed by atoms with van der Waals surface area (Å²) in [4.78, 5) is 28.1. The highest BCUT2D eigenvalue weighted by Crippen LogP contribution is 2.31. The van der Waals surface area contributed by atoms with Crippen molar-refractivity contribution in [1.29, 1.82) is 0 Å². The summed E-state index contributed by atoms with van der Waals surface area (Å²) in [5, 5.41) is 3.56. The van der Waals surface area contributed by atoms with Gasteiger partial charge in [0.2, 0.25) is 11.8 Å². The van der Waals surface area contributed by atoms with Crippen molar-refractivity contribution in [2.45, 2.75) is 33.7 Å². The molecule has 5 rings (SSSR count). The van der Waals surface area contributed by atoms with Crippen molar-refractivity contribution in [1.82, 2.24) is 14.9 Å². The van der Waals surface area contributed by atoms with Crippen LogP contribution in [0.15, 0.2) is 60.7 Å². The first-order valence-electron chi connectivity index (χ1n) is 14.2. The van der Waals surface area contributed by atoms with E-state index in [4.69, 9.17) is 21.3 Å². The summed E-state index contributed by atoms with van der Waals surface area (Å²) in [7, 11) is 3.57. The Kier molecular flexibility index (Phi) is 8.84. The van der Waals surface area contributed by atoms with Gasteiger partial charge in [0.15, 0.2) is 0 Å². The molecule has 224 valence electrons. The van der Waals surface area contributed by atoms with Gasteiger partial charge in [-0.3, -0.25) is 4.90 Å². The van der Waals surface area contributed by atoms with E-state index in [1.807, 2.05) is 31.2 Å². The van der Waals surface area contributed by atoms with Crippen molar-refractivity contribution < 1.29 is 13.9 Å². The van der Waals surface area contributed by atoms with Crippen LogP contribution in [0.2, 0.25) is 5.02 Å². The normalized spacial score (nSPS) is 15.3. The Morgan fingerprint density at radius 1 is 1.02 bits per heavy atom. The van der Waals surface area contributed by atoms with Gasteiger partial charge >= 0.3 is 6.09 Å². The first-order valence-corrected chi connectivity index (χ1v) is 14.6. The van der Waals surface area contributed by atoms with Crippen LogP contribution in [0.5, 0.6) is 5.88 Å². The van der Waals surface area contributed by atoms with Crippen LogP contribution in [0.3, 0.4) is 0 Å². The maximum atomic E-state index is 14.5.